The van der Waals surface area contributed by atoms with Crippen molar-refractivity contribution in [3.8, 4) is 0 Å². The van der Waals surface area contributed by atoms with Gasteiger partial charge in [-0.3, -0.25) is 4.79 Å². The van der Waals surface area contributed by atoms with Crippen LogP contribution < -0.4 is 10.6 Å². The van der Waals surface area contributed by atoms with Crippen molar-refractivity contribution in [2.45, 2.75) is 18.5 Å². The summed E-state index contributed by atoms with van der Waals surface area (Å²) in [7, 11) is 0. The van der Waals surface area contributed by atoms with E-state index in [1.807, 2.05) is 0 Å². The van der Waals surface area contributed by atoms with Crippen molar-refractivity contribution in [3.05, 3.63) is 24.2 Å². The molecule has 0 aromatic carbocycles. The summed E-state index contributed by atoms with van der Waals surface area (Å²) < 4.78 is 4.86. The van der Waals surface area contributed by atoms with Gasteiger partial charge in [-0.15, -0.1) is 0 Å². The summed E-state index contributed by atoms with van der Waals surface area (Å²) in [6.45, 7) is 1.04. The summed E-state index contributed by atoms with van der Waals surface area (Å²) in [4.78, 5) is 11.6. The van der Waals surface area contributed by atoms with Gasteiger partial charge in [-0.25, -0.2) is 0 Å². The molecule has 1 saturated carbocycles. The summed E-state index contributed by atoms with van der Waals surface area (Å²) in [6.07, 6.45) is 4.20. The predicted octanol–water partition coefficient (Wildman–Crippen LogP) is 0.370. The number of carbonyl (C=O) groups excluding carboxylic acids is 1. The first-order chi connectivity index (χ1) is 6.84. The van der Waals surface area contributed by atoms with Crippen LogP contribution in [0.15, 0.2) is 23.0 Å². The molecule has 3 heterocycles. The van der Waals surface area contributed by atoms with Gasteiger partial charge in [-0.2, -0.15) is 0 Å². The van der Waals surface area contributed by atoms with Gasteiger partial charge in [0.05, 0.1) is 11.8 Å². The van der Waals surface area contributed by atoms with E-state index in [9.17, 15) is 4.79 Å². The van der Waals surface area contributed by atoms with Crippen LogP contribution >= 0.6 is 0 Å². The minimum atomic E-state index is -0.0258. The summed E-state index contributed by atoms with van der Waals surface area (Å²) in [5.74, 6) is 0.609. The fraction of sp³-hybridized carbons (Fsp3) is 0.500. The maximum atomic E-state index is 11.6. The van der Waals surface area contributed by atoms with Crippen molar-refractivity contribution in [1.29, 1.82) is 0 Å². The molecule has 2 aliphatic heterocycles. The average Bonchev–Trinajstić information content (AvgIpc) is 2.85. The van der Waals surface area contributed by atoms with Crippen LogP contribution in [0, 0.1) is 5.92 Å². The standard InChI is InChI=1S/C10H12N2O2/c13-10(6-1-2-14-5-6)12-9-7-3-8(9)11-4-7/h1-2,5,7-9,11H,3-4H2,(H,12,13). The molecule has 4 rings (SSSR count). The van der Waals surface area contributed by atoms with Gasteiger partial charge in [0.15, 0.2) is 0 Å². The molecule has 3 aliphatic rings. The second-order valence-electron chi connectivity index (χ2n) is 4.02. The van der Waals surface area contributed by atoms with Crippen LogP contribution in [0.3, 0.4) is 0 Å². The zero-order chi connectivity index (χ0) is 9.54. The van der Waals surface area contributed by atoms with Gasteiger partial charge in [-0.05, 0) is 18.4 Å². The molecule has 3 atom stereocenters. The van der Waals surface area contributed by atoms with Gasteiger partial charge >= 0.3 is 0 Å². The normalized spacial score (nSPS) is 33.9. The molecule has 1 aromatic rings. The molecule has 2 N–H and O–H groups in total. The van der Waals surface area contributed by atoms with E-state index < -0.39 is 0 Å². The van der Waals surface area contributed by atoms with Crippen molar-refractivity contribution in [1.82, 2.24) is 10.6 Å². The highest BCUT2D eigenvalue weighted by Crippen LogP contribution is 2.33. The number of nitrogens with one attached hydrogen (secondary N) is 2. The lowest BCUT2D eigenvalue weighted by molar-refractivity contribution is 0.0891. The minimum absolute atomic E-state index is 0.0258. The molecular formula is C10H12N2O2. The highest BCUT2D eigenvalue weighted by Gasteiger charge is 2.47. The quantitative estimate of drug-likeness (QED) is 0.711. The number of furan rings is 1. The third kappa shape index (κ3) is 1.07. The molecule has 2 bridgehead atoms. The number of fused-ring (bicyclic) bond motifs is 1. The Labute approximate surface area is 81.7 Å². The first kappa shape index (κ1) is 8.05. The Balaban J connectivity index is 1.66. The molecule has 4 heteroatoms. The molecule has 3 fully saturated rings. The van der Waals surface area contributed by atoms with Crippen LogP contribution in [0.2, 0.25) is 0 Å². The van der Waals surface area contributed by atoms with Crippen LogP contribution in [-0.4, -0.2) is 24.5 Å². The Morgan fingerprint density at radius 3 is 3.14 bits per heavy atom. The number of rotatable bonds is 2. The van der Waals surface area contributed by atoms with Gasteiger partial charge < -0.3 is 15.1 Å². The lowest BCUT2D eigenvalue weighted by atomic mass is 9.80. The van der Waals surface area contributed by atoms with Crippen molar-refractivity contribution in [3.63, 3.8) is 0 Å². The van der Waals surface area contributed by atoms with Crippen molar-refractivity contribution >= 4 is 5.91 Å². The summed E-state index contributed by atoms with van der Waals surface area (Å²) in [6, 6.07) is 2.51. The van der Waals surface area contributed by atoms with Gasteiger partial charge in [0.25, 0.3) is 5.91 Å². The maximum Gasteiger partial charge on any atom is 0.254 e. The Morgan fingerprint density at radius 1 is 1.64 bits per heavy atom. The van der Waals surface area contributed by atoms with Crippen molar-refractivity contribution in [2.24, 2.45) is 5.92 Å². The molecule has 1 aromatic heterocycles. The van der Waals surface area contributed by atoms with E-state index in [4.69, 9.17) is 4.42 Å². The van der Waals surface area contributed by atoms with Crippen LogP contribution in [0.25, 0.3) is 0 Å². The molecule has 14 heavy (non-hydrogen) atoms. The van der Waals surface area contributed by atoms with E-state index in [-0.39, 0.29) is 5.91 Å². The Kier molecular flexibility index (Phi) is 1.64. The SMILES string of the molecule is O=C(NC1C2CNC1C2)c1ccoc1. The zero-order valence-electron chi connectivity index (χ0n) is 7.69. The molecule has 0 spiro atoms. The van der Waals surface area contributed by atoms with Crippen molar-refractivity contribution < 1.29 is 9.21 Å². The number of hydrogen-bond donors (Lipinski definition) is 2. The summed E-state index contributed by atoms with van der Waals surface area (Å²) in [5, 5.41) is 6.38. The second kappa shape index (κ2) is 2.85. The molecule has 0 radical (unpaired) electrons. The number of carbonyl (C=O) groups is 1. The molecule has 1 amide bonds. The van der Waals surface area contributed by atoms with E-state index in [1.54, 1.807) is 6.07 Å². The first-order valence-corrected chi connectivity index (χ1v) is 4.91. The second-order valence-corrected chi connectivity index (χ2v) is 4.02. The minimum Gasteiger partial charge on any atom is -0.472 e. The zero-order valence-corrected chi connectivity index (χ0v) is 7.69. The third-order valence-electron chi connectivity index (χ3n) is 3.22. The smallest absolute Gasteiger partial charge is 0.254 e. The Hall–Kier alpha value is -1.29. The Bertz CT molecular complexity index is 333. The van der Waals surface area contributed by atoms with E-state index >= 15 is 0 Å². The lowest BCUT2D eigenvalue weighted by Crippen LogP contribution is -2.53. The molecule has 74 valence electrons. The fourth-order valence-corrected chi connectivity index (χ4v) is 2.32. The van der Waals surface area contributed by atoms with Gasteiger partial charge in [-0.1, -0.05) is 0 Å². The highest BCUT2D eigenvalue weighted by molar-refractivity contribution is 5.94. The van der Waals surface area contributed by atoms with E-state index in [0.717, 1.165) is 6.54 Å². The highest BCUT2D eigenvalue weighted by atomic mass is 16.3. The van der Waals surface area contributed by atoms with Gasteiger partial charge in [0, 0.05) is 18.6 Å². The van der Waals surface area contributed by atoms with Crippen LogP contribution in [0.4, 0.5) is 0 Å². The lowest BCUT2D eigenvalue weighted by Gasteiger charge is -2.34. The molecule has 1 aliphatic carbocycles. The van der Waals surface area contributed by atoms with E-state index in [2.05, 4.69) is 10.6 Å². The molecule has 3 unspecified atom stereocenters. The van der Waals surface area contributed by atoms with Gasteiger partial charge in [0.2, 0.25) is 0 Å². The monoisotopic (exact) mass is 192 g/mol. The number of amides is 1. The van der Waals surface area contributed by atoms with Crippen LogP contribution in [0.1, 0.15) is 16.8 Å². The van der Waals surface area contributed by atoms with Crippen molar-refractivity contribution in [2.75, 3.05) is 6.54 Å². The first-order valence-electron chi connectivity index (χ1n) is 4.91. The molecule has 4 nitrogen and oxygen atoms in total. The average molecular weight is 192 g/mol. The molecule has 2 saturated heterocycles. The topological polar surface area (TPSA) is 54.3 Å². The van der Waals surface area contributed by atoms with E-state index in [1.165, 1.54) is 18.9 Å². The van der Waals surface area contributed by atoms with E-state index in [0.29, 0.717) is 23.6 Å². The Morgan fingerprint density at radius 2 is 2.57 bits per heavy atom. The molecular weight excluding hydrogens is 180 g/mol. The van der Waals surface area contributed by atoms with Crippen LogP contribution in [0.5, 0.6) is 0 Å². The predicted molar refractivity (Wildman–Crippen MR) is 49.9 cm³/mol. The third-order valence-corrected chi connectivity index (χ3v) is 3.22. The fourth-order valence-electron chi connectivity index (χ4n) is 2.32. The summed E-state index contributed by atoms with van der Waals surface area (Å²) in [5.41, 5.74) is 0.608. The van der Waals surface area contributed by atoms with Gasteiger partial charge in [0.1, 0.15) is 6.26 Å². The number of hydrogen-bond acceptors (Lipinski definition) is 3. The maximum absolute atomic E-state index is 11.6. The van der Waals surface area contributed by atoms with Crippen LogP contribution in [-0.2, 0) is 0 Å². The largest absolute Gasteiger partial charge is 0.472 e. The summed E-state index contributed by atoms with van der Waals surface area (Å²) >= 11 is 0.